The van der Waals surface area contributed by atoms with E-state index in [0.717, 1.165) is 17.4 Å². The van der Waals surface area contributed by atoms with Gasteiger partial charge in [-0.2, -0.15) is 5.26 Å². The Labute approximate surface area is 184 Å². The summed E-state index contributed by atoms with van der Waals surface area (Å²) in [7, 11) is 0. The molecule has 1 aromatic heterocycles. The number of nitrogens with one attached hydrogen (secondary N) is 2. The molecule has 0 unspecified atom stereocenters. The topological polar surface area (TPSA) is 125 Å². The molecule has 2 amide bonds. The molecule has 0 saturated carbocycles. The molecule has 31 heavy (non-hydrogen) atoms. The Hall–Kier alpha value is -3.81. The van der Waals surface area contributed by atoms with Gasteiger partial charge >= 0.3 is 0 Å². The highest BCUT2D eigenvalue weighted by atomic mass is 35.5. The summed E-state index contributed by atoms with van der Waals surface area (Å²) in [5.41, 5.74) is -0.164. The lowest BCUT2D eigenvalue weighted by molar-refractivity contribution is -0.384. The predicted molar refractivity (Wildman–Crippen MR) is 114 cm³/mol. The molecule has 0 fully saturated rings. The number of anilines is 2. The number of rotatable bonds is 5. The summed E-state index contributed by atoms with van der Waals surface area (Å²) < 4.78 is 13.8. The van der Waals surface area contributed by atoms with Crippen LogP contribution in [0.4, 0.5) is 20.8 Å². The molecular formula is C20H12ClFN4O4S. The van der Waals surface area contributed by atoms with E-state index in [1.165, 1.54) is 37.3 Å². The molecule has 156 valence electrons. The van der Waals surface area contributed by atoms with Gasteiger partial charge < -0.3 is 10.6 Å². The number of hydrogen-bond donors (Lipinski definition) is 2. The standard InChI is InChI=1S/C20H12ClFN4O4S/c1-10-12(9-23)20(25-18(27)11-6-7-13(21)16(8-11)26(29)30)31-17(10)19(28)24-15-5-3-2-4-14(15)22/h2-8H,1H3,(H,24,28)(H,25,27). The Kier molecular flexibility index (Phi) is 6.29. The number of hydrogen-bond acceptors (Lipinski definition) is 6. The Balaban J connectivity index is 1.89. The fourth-order valence-electron chi connectivity index (χ4n) is 2.66. The molecule has 0 radical (unpaired) electrons. The average Bonchev–Trinajstić information content (AvgIpc) is 3.04. The molecule has 11 heteroatoms. The number of thiophene rings is 1. The largest absolute Gasteiger partial charge is 0.319 e. The summed E-state index contributed by atoms with van der Waals surface area (Å²) in [5.74, 6) is -1.99. The second-order valence-corrected chi connectivity index (χ2v) is 7.61. The summed E-state index contributed by atoms with van der Waals surface area (Å²) in [5, 5.41) is 25.4. The van der Waals surface area contributed by atoms with E-state index in [1.807, 2.05) is 6.07 Å². The molecule has 2 aromatic carbocycles. The summed E-state index contributed by atoms with van der Waals surface area (Å²) >= 11 is 6.59. The highest BCUT2D eigenvalue weighted by molar-refractivity contribution is 7.18. The lowest BCUT2D eigenvalue weighted by atomic mass is 10.1. The molecule has 0 atom stereocenters. The van der Waals surface area contributed by atoms with Crippen LogP contribution in [0.5, 0.6) is 0 Å². The van der Waals surface area contributed by atoms with Gasteiger partial charge in [-0.05, 0) is 36.8 Å². The highest BCUT2D eigenvalue weighted by Gasteiger charge is 2.23. The van der Waals surface area contributed by atoms with Crippen molar-refractivity contribution in [2.24, 2.45) is 0 Å². The second-order valence-electron chi connectivity index (χ2n) is 6.18. The van der Waals surface area contributed by atoms with Crippen LogP contribution in [0.25, 0.3) is 0 Å². The molecule has 2 N–H and O–H groups in total. The first-order valence-corrected chi connectivity index (χ1v) is 9.77. The maximum atomic E-state index is 13.8. The van der Waals surface area contributed by atoms with Gasteiger partial charge in [-0.15, -0.1) is 11.3 Å². The average molecular weight is 459 g/mol. The van der Waals surface area contributed by atoms with Gasteiger partial charge in [0.15, 0.2) is 0 Å². The summed E-state index contributed by atoms with van der Waals surface area (Å²) in [6.45, 7) is 1.52. The van der Waals surface area contributed by atoms with Crippen molar-refractivity contribution < 1.29 is 18.9 Å². The van der Waals surface area contributed by atoms with Crippen molar-refractivity contribution in [1.82, 2.24) is 0 Å². The summed E-state index contributed by atoms with van der Waals surface area (Å²) in [6.07, 6.45) is 0. The number of carbonyl (C=O) groups excluding carboxylic acids is 2. The van der Waals surface area contributed by atoms with E-state index < -0.39 is 28.2 Å². The lowest BCUT2D eigenvalue weighted by Gasteiger charge is -2.05. The number of halogens is 2. The lowest BCUT2D eigenvalue weighted by Crippen LogP contribution is -2.12. The number of nitro groups is 1. The van der Waals surface area contributed by atoms with Crippen LogP contribution in [0.15, 0.2) is 42.5 Å². The quantitative estimate of drug-likeness (QED) is 0.404. The van der Waals surface area contributed by atoms with Gasteiger partial charge in [0.05, 0.1) is 21.1 Å². The fraction of sp³-hybridized carbons (Fsp3) is 0.0500. The zero-order valence-electron chi connectivity index (χ0n) is 15.7. The van der Waals surface area contributed by atoms with Gasteiger partial charge in [0.2, 0.25) is 0 Å². The molecule has 0 aliphatic carbocycles. The first kappa shape index (κ1) is 21.9. The van der Waals surface area contributed by atoms with Crippen LogP contribution in [0.2, 0.25) is 5.02 Å². The van der Waals surface area contributed by atoms with Crippen LogP contribution in [-0.2, 0) is 0 Å². The minimum absolute atomic E-state index is 0.0298. The van der Waals surface area contributed by atoms with E-state index in [0.29, 0.717) is 5.56 Å². The molecule has 0 aliphatic rings. The van der Waals surface area contributed by atoms with Crippen molar-refractivity contribution in [2.75, 3.05) is 10.6 Å². The van der Waals surface area contributed by atoms with E-state index in [2.05, 4.69) is 10.6 Å². The van der Waals surface area contributed by atoms with E-state index in [1.54, 1.807) is 6.07 Å². The van der Waals surface area contributed by atoms with E-state index in [4.69, 9.17) is 11.6 Å². The fourth-order valence-corrected chi connectivity index (χ4v) is 3.90. The van der Waals surface area contributed by atoms with Crippen LogP contribution in [0.3, 0.4) is 0 Å². The SMILES string of the molecule is Cc1c(C(=O)Nc2ccccc2F)sc(NC(=O)c2ccc(Cl)c([N+](=O)[O-])c2)c1C#N. The molecule has 0 aliphatic heterocycles. The molecule has 1 heterocycles. The van der Waals surface area contributed by atoms with E-state index in [-0.39, 0.29) is 31.7 Å². The van der Waals surface area contributed by atoms with Gasteiger partial charge in [0.1, 0.15) is 21.9 Å². The number of nitro benzene ring substituents is 1. The Bertz CT molecular complexity index is 1270. The van der Waals surface area contributed by atoms with E-state index >= 15 is 0 Å². The summed E-state index contributed by atoms with van der Waals surface area (Å²) in [4.78, 5) is 35.6. The molecule has 3 rings (SSSR count). The number of para-hydroxylation sites is 1. The van der Waals surface area contributed by atoms with Crippen LogP contribution in [-0.4, -0.2) is 16.7 Å². The van der Waals surface area contributed by atoms with Crippen LogP contribution >= 0.6 is 22.9 Å². The van der Waals surface area contributed by atoms with Crippen molar-refractivity contribution in [2.45, 2.75) is 6.92 Å². The van der Waals surface area contributed by atoms with Crippen molar-refractivity contribution >= 4 is 51.1 Å². The Morgan fingerprint density at radius 2 is 1.90 bits per heavy atom. The Morgan fingerprint density at radius 1 is 1.19 bits per heavy atom. The van der Waals surface area contributed by atoms with E-state index in [9.17, 15) is 29.4 Å². The first-order chi connectivity index (χ1) is 14.7. The maximum Gasteiger partial charge on any atom is 0.288 e. The predicted octanol–water partition coefficient (Wildman–Crippen LogP) is 5.13. The molecular weight excluding hydrogens is 447 g/mol. The minimum Gasteiger partial charge on any atom is -0.319 e. The van der Waals surface area contributed by atoms with Crippen LogP contribution in [0.1, 0.15) is 31.2 Å². The van der Waals surface area contributed by atoms with Crippen LogP contribution < -0.4 is 10.6 Å². The van der Waals surface area contributed by atoms with Crippen molar-refractivity contribution in [3.8, 4) is 6.07 Å². The van der Waals surface area contributed by atoms with Crippen LogP contribution in [0, 0.1) is 34.2 Å². The van der Waals surface area contributed by atoms with Gasteiger partial charge in [-0.3, -0.25) is 19.7 Å². The summed E-state index contributed by atoms with van der Waals surface area (Å²) in [6, 6.07) is 11.0. The van der Waals surface area contributed by atoms with Gasteiger partial charge in [0, 0.05) is 11.6 Å². The molecule has 3 aromatic rings. The smallest absolute Gasteiger partial charge is 0.288 e. The zero-order valence-corrected chi connectivity index (χ0v) is 17.3. The third kappa shape index (κ3) is 4.53. The third-order valence-electron chi connectivity index (χ3n) is 4.22. The second kappa shape index (κ2) is 8.91. The van der Waals surface area contributed by atoms with Gasteiger partial charge in [0.25, 0.3) is 17.5 Å². The molecule has 0 bridgehead atoms. The number of nitriles is 1. The van der Waals surface area contributed by atoms with Crippen molar-refractivity contribution in [1.29, 1.82) is 5.26 Å². The first-order valence-electron chi connectivity index (χ1n) is 8.57. The number of amides is 2. The Morgan fingerprint density at radius 3 is 2.55 bits per heavy atom. The molecule has 0 saturated heterocycles. The maximum absolute atomic E-state index is 13.8. The van der Waals surface area contributed by atoms with Crippen molar-refractivity contribution in [3.05, 3.63) is 85.0 Å². The zero-order chi connectivity index (χ0) is 22.7. The van der Waals surface area contributed by atoms with Gasteiger partial charge in [-0.25, -0.2) is 4.39 Å². The third-order valence-corrected chi connectivity index (χ3v) is 5.74. The molecule has 0 spiro atoms. The minimum atomic E-state index is -0.724. The number of carbonyl (C=O) groups is 2. The number of benzene rings is 2. The highest BCUT2D eigenvalue weighted by Crippen LogP contribution is 2.34. The van der Waals surface area contributed by atoms with Crippen molar-refractivity contribution in [3.63, 3.8) is 0 Å². The normalized spacial score (nSPS) is 10.3. The van der Waals surface area contributed by atoms with Gasteiger partial charge in [-0.1, -0.05) is 23.7 Å². The monoisotopic (exact) mass is 458 g/mol. The number of nitrogens with zero attached hydrogens (tertiary/aromatic N) is 2. The molecule has 8 nitrogen and oxygen atoms in total.